The molecule has 0 aromatic heterocycles. The quantitative estimate of drug-likeness (QED) is 0.930. The van der Waals surface area contributed by atoms with Gasteiger partial charge in [-0.25, -0.2) is 0 Å². The molecular weight excluding hydrogens is 283 g/mol. The van der Waals surface area contributed by atoms with Crippen LogP contribution in [0.2, 0.25) is 0 Å². The molecule has 1 aliphatic heterocycles. The van der Waals surface area contributed by atoms with E-state index in [4.69, 9.17) is 5.11 Å². The van der Waals surface area contributed by atoms with Crippen molar-refractivity contribution in [1.82, 2.24) is 4.90 Å². The lowest BCUT2D eigenvalue weighted by Crippen LogP contribution is -2.45. The predicted octanol–water partition coefficient (Wildman–Crippen LogP) is 3.39. The molecule has 3 nitrogen and oxygen atoms in total. The van der Waals surface area contributed by atoms with Crippen LogP contribution in [0.15, 0.2) is 24.3 Å². The maximum absolute atomic E-state index is 13.0. The molecule has 0 radical (unpaired) electrons. The molecule has 1 saturated heterocycles. The summed E-state index contributed by atoms with van der Waals surface area (Å²) in [5.74, 6) is -1.40. The molecule has 1 aromatic rings. The van der Waals surface area contributed by atoms with Crippen molar-refractivity contribution in [2.24, 2.45) is 5.92 Å². The Morgan fingerprint density at radius 1 is 1.38 bits per heavy atom. The van der Waals surface area contributed by atoms with Gasteiger partial charge < -0.3 is 5.11 Å². The van der Waals surface area contributed by atoms with Crippen LogP contribution in [-0.2, 0) is 17.5 Å². The first kappa shape index (κ1) is 15.8. The van der Waals surface area contributed by atoms with E-state index in [0.717, 1.165) is 6.07 Å². The molecule has 21 heavy (non-hydrogen) atoms. The molecule has 1 aliphatic rings. The number of carboxylic acid groups (broad SMARTS) is 1. The molecule has 2 rings (SSSR count). The van der Waals surface area contributed by atoms with Gasteiger partial charge in [0.1, 0.15) is 0 Å². The van der Waals surface area contributed by atoms with Crippen LogP contribution in [0.3, 0.4) is 0 Å². The smallest absolute Gasteiger partial charge is 0.416 e. The molecule has 1 heterocycles. The van der Waals surface area contributed by atoms with Gasteiger partial charge in [-0.1, -0.05) is 18.2 Å². The van der Waals surface area contributed by atoms with Gasteiger partial charge in [0.25, 0.3) is 0 Å². The van der Waals surface area contributed by atoms with Crippen LogP contribution in [0.1, 0.15) is 30.9 Å². The minimum absolute atomic E-state index is 0.126. The minimum Gasteiger partial charge on any atom is -0.481 e. The lowest BCUT2D eigenvalue weighted by atomic mass is 9.89. The fourth-order valence-corrected chi connectivity index (χ4v) is 2.92. The topological polar surface area (TPSA) is 40.5 Å². The first-order chi connectivity index (χ1) is 9.80. The Morgan fingerprint density at radius 3 is 2.67 bits per heavy atom. The number of benzene rings is 1. The van der Waals surface area contributed by atoms with Gasteiger partial charge in [-0.2, -0.15) is 13.2 Å². The van der Waals surface area contributed by atoms with Crippen molar-refractivity contribution in [3.05, 3.63) is 35.4 Å². The van der Waals surface area contributed by atoms with Crippen molar-refractivity contribution in [2.45, 2.75) is 38.5 Å². The Labute approximate surface area is 121 Å². The molecule has 0 saturated carbocycles. The van der Waals surface area contributed by atoms with Crippen LogP contribution in [0.25, 0.3) is 0 Å². The third-order valence-corrected chi connectivity index (χ3v) is 4.13. The predicted molar refractivity (Wildman–Crippen MR) is 71.7 cm³/mol. The summed E-state index contributed by atoms with van der Waals surface area (Å²) in [5, 5.41) is 9.17. The van der Waals surface area contributed by atoms with Crippen molar-refractivity contribution in [2.75, 3.05) is 6.54 Å². The highest BCUT2D eigenvalue weighted by Crippen LogP contribution is 2.33. The number of likely N-dealkylation sites (tertiary alicyclic amines) is 1. The summed E-state index contributed by atoms with van der Waals surface area (Å²) in [6.45, 7) is 2.52. The number of aliphatic carboxylic acids is 1. The van der Waals surface area contributed by atoms with Crippen molar-refractivity contribution in [1.29, 1.82) is 0 Å². The second-order valence-electron chi connectivity index (χ2n) is 5.45. The van der Waals surface area contributed by atoms with Gasteiger partial charge in [0.15, 0.2) is 0 Å². The number of piperidine rings is 1. The molecule has 1 N–H and O–H groups in total. The molecule has 0 unspecified atom stereocenters. The highest BCUT2D eigenvalue weighted by molar-refractivity contribution is 5.71. The van der Waals surface area contributed by atoms with Gasteiger partial charge >= 0.3 is 12.1 Å². The molecule has 1 aromatic carbocycles. The van der Waals surface area contributed by atoms with E-state index in [9.17, 15) is 18.0 Å². The number of carbonyl (C=O) groups is 1. The van der Waals surface area contributed by atoms with E-state index in [1.54, 1.807) is 13.0 Å². The van der Waals surface area contributed by atoms with E-state index in [2.05, 4.69) is 0 Å². The summed E-state index contributed by atoms with van der Waals surface area (Å²) in [5.41, 5.74) is -0.447. The average Bonchev–Trinajstić information content (AvgIpc) is 2.40. The van der Waals surface area contributed by atoms with E-state index in [1.807, 2.05) is 4.90 Å². The largest absolute Gasteiger partial charge is 0.481 e. The zero-order valence-electron chi connectivity index (χ0n) is 11.7. The molecule has 6 heteroatoms. The fourth-order valence-electron chi connectivity index (χ4n) is 2.92. The van der Waals surface area contributed by atoms with Crippen molar-refractivity contribution in [3.8, 4) is 0 Å². The summed E-state index contributed by atoms with van der Waals surface area (Å²) in [6.07, 6.45) is -3.12. The summed E-state index contributed by atoms with van der Waals surface area (Å²) in [6, 6.07) is 5.20. The van der Waals surface area contributed by atoms with Crippen LogP contribution in [0.4, 0.5) is 13.2 Å². The first-order valence-electron chi connectivity index (χ1n) is 6.92. The van der Waals surface area contributed by atoms with Gasteiger partial charge in [0.2, 0.25) is 0 Å². The van der Waals surface area contributed by atoms with Crippen molar-refractivity contribution >= 4 is 5.97 Å². The zero-order chi connectivity index (χ0) is 15.6. The fraction of sp³-hybridized carbons (Fsp3) is 0.533. The Morgan fingerprint density at radius 2 is 2.05 bits per heavy atom. The Bertz CT molecular complexity index is 516. The highest BCUT2D eigenvalue weighted by Gasteiger charge is 2.36. The van der Waals surface area contributed by atoms with E-state index in [1.165, 1.54) is 12.1 Å². The summed E-state index contributed by atoms with van der Waals surface area (Å²) < 4.78 is 39.0. The maximum atomic E-state index is 13.0. The summed E-state index contributed by atoms with van der Waals surface area (Å²) in [7, 11) is 0. The molecule has 0 bridgehead atoms. The van der Waals surface area contributed by atoms with Gasteiger partial charge in [-0.05, 0) is 37.9 Å². The van der Waals surface area contributed by atoms with Gasteiger partial charge in [0, 0.05) is 12.6 Å². The van der Waals surface area contributed by atoms with Crippen molar-refractivity contribution < 1.29 is 23.1 Å². The standard InChI is InChI=1S/C15H18F3NO2/c1-10-12(14(20)21)6-4-8-19(10)9-11-5-2-3-7-13(11)15(16,17)18/h2-3,5,7,10,12H,4,6,8-9H2,1H3,(H,20,21)/t10-,12-/m1/s1. The Hall–Kier alpha value is -1.56. The van der Waals surface area contributed by atoms with Crippen LogP contribution in [-0.4, -0.2) is 28.6 Å². The van der Waals surface area contributed by atoms with E-state index >= 15 is 0 Å². The normalized spacial score (nSPS) is 24.0. The second kappa shape index (κ2) is 6.05. The van der Waals surface area contributed by atoms with Crippen LogP contribution >= 0.6 is 0 Å². The molecular formula is C15H18F3NO2. The zero-order valence-corrected chi connectivity index (χ0v) is 11.7. The van der Waals surface area contributed by atoms with Gasteiger partial charge in [0.05, 0.1) is 11.5 Å². The number of hydrogen-bond donors (Lipinski definition) is 1. The highest BCUT2D eigenvalue weighted by atomic mass is 19.4. The van der Waals surface area contributed by atoms with Crippen LogP contribution in [0, 0.1) is 5.92 Å². The SMILES string of the molecule is C[C@@H]1[C@H](C(=O)O)CCCN1Cc1ccccc1C(F)(F)F. The molecule has 116 valence electrons. The lowest BCUT2D eigenvalue weighted by Gasteiger charge is -2.37. The van der Waals surface area contributed by atoms with E-state index in [-0.39, 0.29) is 18.2 Å². The van der Waals surface area contributed by atoms with E-state index < -0.39 is 23.6 Å². The molecule has 0 aliphatic carbocycles. The lowest BCUT2D eigenvalue weighted by molar-refractivity contribution is -0.146. The number of halogens is 3. The van der Waals surface area contributed by atoms with Gasteiger partial charge in [-0.15, -0.1) is 0 Å². The first-order valence-corrected chi connectivity index (χ1v) is 6.92. The number of nitrogens with zero attached hydrogens (tertiary/aromatic N) is 1. The van der Waals surface area contributed by atoms with Crippen molar-refractivity contribution in [3.63, 3.8) is 0 Å². The van der Waals surface area contributed by atoms with E-state index in [0.29, 0.717) is 19.4 Å². The Balaban J connectivity index is 2.20. The van der Waals surface area contributed by atoms with Crippen LogP contribution in [0.5, 0.6) is 0 Å². The summed E-state index contributed by atoms with van der Waals surface area (Å²) >= 11 is 0. The average molecular weight is 301 g/mol. The third-order valence-electron chi connectivity index (χ3n) is 4.13. The number of rotatable bonds is 3. The molecule has 1 fully saturated rings. The monoisotopic (exact) mass is 301 g/mol. The van der Waals surface area contributed by atoms with Crippen LogP contribution < -0.4 is 0 Å². The minimum atomic E-state index is -4.39. The molecule has 0 amide bonds. The molecule has 0 spiro atoms. The second-order valence-corrected chi connectivity index (χ2v) is 5.45. The number of alkyl halides is 3. The Kier molecular flexibility index (Phi) is 4.56. The third kappa shape index (κ3) is 3.56. The number of carboxylic acids is 1. The number of hydrogen-bond acceptors (Lipinski definition) is 2. The maximum Gasteiger partial charge on any atom is 0.416 e. The molecule has 2 atom stereocenters. The summed E-state index contributed by atoms with van der Waals surface area (Å²) in [4.78, 5) is 13.0. The van der Waals surface area contributed by atoms with Gasteiger partial charge in [-0.3, -0.25) is 9.69 Å².